The molecule has 1 heterocycles. The summed E-state index contributed by atoms with van der Waals surface area (Å²) in [5.74, 6) is -0.149. The summed E-state index contributed by atoms with van der Waals surface area (Å²) in [5, 5.41) is 0. The Kier molecular flexibility index (Phi) is 5.53. The number of piperazine rings is 1. The van der Waals surface area contributed by atoms with Gasteiger partial charge in [-0.3, -0.25) is 9.59 Å². The number of hydrogen-bond acceptors (Lipinski definition) is 4. The van der Waals surface area contributed by atoms with E-state index in [0.717, 1.165) is 0 Å². The molecule has 1 saturated heterocycles. The van der Waals surface area contributed by atoms with Crippen LogP contribution in [0.3, 0.4) is 0 Å². The van der Waals surface area contributed by atoms with Crippen molar-refractivity contribution in [3.8, 4) is 0 Å². The second-order valence-corrected chi connectivity index (χ2v) is 8.86. The third kappa shape index (κ3) is 5.02. The van der Waals surface area contributed by atoms with E-state index < -0.39 is 15.6 Å². The van der Waals surface area contributed by atoms with E-state index in [1.54, 1.807) is 30.6 Å². The molecule has 0 saturated carbocycles. The molecule has 138 valence electrons. The summed E-state index contributed by atoms with van der Waals surface area (Å²) in [4.78, 5) is 27.4. The average molecular weight is 367 g/mol. The van der Waals surface area contributed by atoms with Crippen LogP contribution in [0.4, 0.5) is 0 Å². The Hall–Kier alpha value is -1.93. The maximum atomic E-state index is 12.5. The maximum Gasteiger partial charge on any atom is 0.253 e. The van der Waals surface area contributed by atoms with Crippen LogP contribution in [0, 0.1) is 0 Å². The first-order chi connectivity index (χ1) is 11.5. The van der Waals surface area contributed by atoms with Crippen molar-refractivity contribution in [1.29, 1.82) is 0 Å². The Labute approximate surface area is 149 Å². The van der Waals surface area contributed by atoms with Gasteiger partial charge in [0.2, 0.25) is 15.9 Å². The molecule has 0 bridgehead atoms. The number of benzene rings is 1. The van der Waals surface area contributed by atoms with E-state index in [4.69, 9.17) is 0 Å². The Morgan fingerprint density at radius 2 is 1.44 bits per heavy atom. The highest BCUT2D eigenvalue weighted by atomic mass is 32.2. The fraction of sp³-hybridized carbons (Fsp3) is 0.529. The number of sulfonamides is 1. The molecule has 0 aromatic heterocycles. The summed E-state index contributed by atoms with van der Waals surface area (Å²) >= 11 is 0. The van der Waals surface area contributed by atoms with Crippen LogP contribution in [-0.2, 0) is 14.8 Å². The quantitative estimate of drug-likeness (QED) is 0.866. The summed E-state index contributed by atoms with van der Waals surface area (Å²) in [6.07, 6.45) is 0. The van der Waals surface area contributed by atoms with Crippen molar-refractivity contribution in [1.82, 2.24) is 14.5 Å². The van der Waals surface area contributed by atoms with Crippen LogP contribution in [-0.4, -0.2) is 61.7 Å². The van der Waals surface area contributed by atoms with Crippen molar-refractivity contribution in [2.45, 2.75) is 38.1 Å². The summed E-state index contributed by atoms with van der Waals surface area (Å²) in [5.41, 5.74) is -0.144. The zero-order valence-electron chi connectivity index (χ0n) is 15.1. The summed E-state index contributed by atoms with van der Waals surface area (Å²) in [6, 6.07) is 5.92. The monoisotopic (exact) mass is 367 g/mol. The molecule has 2 amide bonds. The first kappa shape index (κ1) is 19.4. The molecule has 0 spiro atoms. The molecule has 0 aliphatic carbocycles. The smallest absolute Gasteiger partial charge is 0.253 e. The Morgan fingerprint density at radius 3 is 1.88 bits per heavy atom. The normalized spacial score (nSPS) is 16.0. The van der Waals surface area contributed by atoms with E-state index in [-0.39, 0.29) is 16.7 Å². The van der Waals surface area contributed by atoms with E-state index in [2.05, 4.69) is 4.72 Å². The molecular formula is C17H25N3O4S. The molecule has 7 nitrogen and oxygen atoms in total. The third-order valence-corrected chi connectivity index (χ3v) is 5.64. The number of hydrogen-bond donors (Lipinski definition) is 1. The topological polar surface area (TPSA) is 86.8 Å². The highest BCUT2D eigenvalue weighted by Gasteiger charge is 2.25. The zero-order valence-corrected chi connectivity index (χ0v) is 15.9. The second-order valence-electron chi connectivity index (χ2n) is 7.18. The van der Waals surface area contributed by atoms with Gasteiger partial charge in [0.25, 0.3) is 5.91 Å². The van der Waals surface area contributed by atoms with E-state index >= 15 is 0 Å². The molecule has 1 fully saturated rings. The summed E-state index contributed by atoms with van der Waals surface area (Å²) in [6.45, 7) is 8.80. The van der Waals surface area contributed by atoms with Gasteiger partial charge in [-0.1, -0.05) is 0 Å². The lowest BCUT2D eigenvalue weighted by molar-refractivity contribution is -0.130. The third-order valence-electron chi connectivity index (χ3n) is 3.86. The Bertz CT molecular complexity index is 743. The van der Waals surface area contributed by atoms with Crippen molar-refractivity contribution in [3.63, 3.8) is 0 Å². The van der Waals surface area contributed by atoms with Gasteiger partial charge >= 0.3 is 0 Å². The number of rotatable bonds is 3. The van der Waals surface area contributed by atoms with Crippen molar-refractivity contribution in [2.75, 3.05) is 26.2 Å². The number of carbonyl (C=O) groups excluding carboxylic acids is 2. The molecule has 0 unspecified atom stereocenters. The van der Waals surface area contributed by atoms with Crippen LogP contribution in [0.2, 0.25) is 0 Å². The lowest BCUT2D eigenvalue weighted by atomic mass is 10.1. The predicted octanol–water partition coefficient (Wildman–Crippen LogP) is 1.07. The van der Waals surface area contributed by atoms with Crippen LogP contribution < -0.4 is 4.72 Å². The number of nitrogens with zero attached hydrogens (tertiary/aromatic N) is 2. The molecule has 1 aliphatic heterocycles. The van der Waals surface area contributed by atoms with Crippen LogP contribution in [0.15, 0.2) is 29.2 Å². The molecule has 0 atom stereocenters. The standard InChI is InChI=1S/C17H25N3O4S/c1-13(21)19-9-11-20(12-10-19)16(22)14-5-7-15(8-6-14)25(23,24)18-17(2,3)4/h5-8,18H,9-12H2,1-4H3. The number of amides is 2. The highest BCUT2D eigenvalue weighted by Crippen LogP contribution is 2.15. The van der Waals surface area contributed by atoms with Crippen molar-refractivity contribution in [3.05, 3.63) is 29.8 Å². The van der Waals surface area contributed by atoms with Gasteiger partial charge < -0.3 is 9.80 Å². The van der Waals surface area contributed by atoms with Crippen LogP contribution in [0.25, 0.3) is 0 Å². The largest absolute Gasteiger partial charge is 0.339 e. The molecule has 1 N–H and O–H groups in total. The highest BCUT2D eigenvalue weighted by molar-refractivity contribution is 7.89. The zero-order chi connectivity index (χ0) is 18.8. The van der Waals surface area contributed by atoms with E-state index in [0.29, 0.717) is 31.7 Å². The van der Waals surface area contributed by atoms with Crippen LogP contribution >= 0.6 is 0 Å². The predicted molar refractivity (Wildman–Crippen MR) is 94.7 cm³/mol. The molecule has 8 heteroatoms. The van der Waals surface area contributed by atoms with Gasteiger partial charge in [-0.25, -0.2) is 13.1 Å². The fourth-order valence-electron chi connectivity index (χ4n) is 2.65. The molecule has 1 aliphatic rings. The fourth-order valence-corrected chi connectivity index (χ4v) is 4.06. The number of carbonyl (C=O) groups is 2. The van der Waals surface area contributed by atoms with E-state index in [9.17, 15) is 18.0 Å². The first-order valence-electron chi connectivity index (χ1n) is 8.18. The van der Waals surface area contributed by atoms with E-state index in [1.165, 1.54) is 31.2 Å². The van der Waals surface area contributed by atoms with Crippen molar-refractivity contribution >= 4 is 21.8 Å². The molecule has 25 heavy (non-hydrogen) atoms. The van der Waals surface area contributed by atoms with Crippen molar-refractivity contribution in [2.24, 2.45) is 0 Å². The Balaban J connectivity index is 2.07. The van der Waals surface area contributed by atoms with E-state index in [1.807, 2.05) is 0 Å². The minimum atomic E-state index is -3.62. The van der Waals surface area contributed by atoms with Gasteiger partial charge in [0.05, 0.1) is 4.90 Å². The molecule has 0 radical (unpaired) electrons. The SMILES string of the molecule is CC(=O)N1CCN(C(=O)c2ccc(S(=O)(=O)NC(C)(C)C)cc2)CC1. The van der Waals surface area contributed by atoms with Gasteiger partial charge in [-0.2, -0.15) is 0 Å². The Morgan fingerprint density at radius 1 is 0.960 bits per heavy atom. The lowest BCUT2D eigenvalue weighted by Gasteiger charge is -2.34. The second kappa shape index (κ2) is 7.13. The first-order valence-corrected chi connectivity index (χ1v) is 9.67. The van der Waals surface area contributed by atoms with Crippen LogP contribution in [0.1, 0.15) is 38.1 Å². The summed E-state index contributed by atoms with van der Waals surface area (Å²) in [7, 11) is -3.62. The van der Waals surface area contributed by atoms with Crippen molar-refractivity contribution < 1.29 is 18.0 Å². The molecule has 1 aromatic rings. The van der Waals surface area contributed by atoms with Gasteiger partial charge in [0.15, 0.2) is 0 Å². The maximum absolute atomic E-state index is 12.5. The minimum absolute atomic E-state index is 0.00741. The molecule has 1 aromatic carbocycles. The minimum Gasteiger partial charge on any atom is -0.339 e. The molecule has 2 rings (SSSR count). The number of nitrogens with one attached hydrogen (secondary N) is 1. The summed E-state index contributed by atoms with van der Waals surface area (Å²) < 4.78 is 27.2. The molecular weight excluding hydrogens is 342 g/mol. The van der Waals surface area contributed by atoms with Gasteiger partial charge in [-0.05, 0) is 45.0 Å². The van der Waals surface area contributed by atoms with Crippen LogP contribution in [0.5, 0.6) is 0 Å². The van der Waals surface area contributed by atoms with Gasteiger partial charge in [-0.15, -0.1) is 0 Å². The van der Waals surface area contributed by atoms with Gasteiger partial charge in [0.1, 0.15) is 0 Å². The lowest BCUT2D eigenvalue weighted by Crippen LogP contribution is -2.50. The van der Waals surface area contributed by atoms with Gasteiger partial charge in [0, 0.05) is 44.2 Å². The average Bonchev–Trinajstić information content (AvgIpc) is 2.52.